The number of rotatable bonds is 6. The molecule has 7 nitrogen and oxygen atoms in total. The first-order chi connectivity index (χ1) is 16.0. The predicted molar refractivity (Wildman–Crippen MR) is 129 cm³/mol. The highest BCUT2D eigenvalue weighted by Crippen LogP contribution is 2.28. The fraction of sp³-hybridized carbons (Fsp3) is 0.292. The van der Waals surface area contributed by atoms with Gasteiger partial charge in [0, 0.05) is 41.6 Å². The molecule has 172 valence electrons. The van der Waals surface area contributed by atoms with E-state index in [1.54, 1.807) is 30.9 Å². The number of ether oxygens (including phenoxy) is 1. The number of hydrogen-bond donors (Lipinski definition) is 2. The Bertz CT molecular complexity index is 1100. The maximum absolute atomic E-state index is 13.2. The first-order valence-corrected chi connectivity index (χ1v) is 11.7. The zero-order valence-corrected chi connectivity index (χ0v) is 19.4. The number of benzene rings is 2. The van der Waals surface area contributed by atoms with Crippen molar-refractivity contribution in [2.45, 2.75) is 23.6 Å². The maximum Gasteiger partial charge on any atom is 0.318 e. The Hall–Kier alpha value is -3.17. The number of carbonyl (C=O) groups excluding carboxylic acids is 1. The number of carbonyl (C=O) groups is 1. The number of thioether (sulfide) groups is 1. The molecule has 2 N–H and O–H groups in total. The van der Waals surface area contributed by atoms with Gasteiger partial charge in [-0.2, -0.15) is 0 Å². The van der Waals surface area contributed by atoms with E-state index in [0.29, 0.717) is 30.5 Å². The number of halogens is 1. The highest BCUT2D eigenvalue weighted by Gasteiger charge is 2.22. The lowest BCUT2D eigenvalue weighted by atomic mass is 10.2. The molecule has 0 aliphatic carbocycles. The first kappa shape index (κ1) is 23.0. The third-order valence-electron chi connectivity index (χ3n) is 5.26. The summed E-state index contributed by atoms with van der Waals surface area (Å²) in [6.45, 7) is 4.19. The fourth-order valence-corrected chi connectivity index (χ4v) is 4.28. The monoisotopic (exact) mass is 467 g/mol. The van der Waals surface area contributed by atoms with Crippen LogP contribution in [0.1, 0.15) is 12.6 Å². The molecule has 1 atom stereocenters. The van der Waals surface area contributed by atoms with Crippen molar-refractivity contribution in [2.75, 3.05) is 37.0 Å². The molecule has 1 aliphatic rings. The van der Waals surface area contributed by atoms with Crippen LogP contribution in [0.4, 0.5) is 20.7 Å². The molecule has 4 rings (SSSR count). The minimum Gasteiger partial charge on any atom is -0.377 e. The number of urea groups is 1. The highest BCUT2D eigenvalue weighted by molar-refractivity contribution is 7.98. The van der Waals surface area contributed by atoms with Gasteiger partial charge in [-0.15, -0.1) is 11.8 Å². The van der Waals surface area contributed by atoms with Gasteiger partial charge in [-0.1, -0.05) is 0 Å². The summed E-state index contributed by atoms with van der Waals surface area (Å²) in [7, 11) is 1.57. The molecular formula is C24H26FN5O2S. The molecule has 0 bridgehead atoms. The summed E-state index contributed by atoms with van der Waals surface area (Å²) in [5, 5.41) is 5.28. The second-order valence-electron chi connectivity index (χ2n) is 7.68. The van der Waals surface area contributed by atoms with E-state index in [1.807, 2.05) is 30.3 Å². The molecule has 33 heavy (non-hydrogen) atoms. The van der Waals surface area contributed by atoms with Crippen molar-refractivity contribution in [1.82, 2.24) is 15.3 Å². The summed E-state index contributed by atoms with van der Waals surface area (Å²) in [6.07, 6.45) is 0. The van der Waals surface area contributed by atoms with Gasteiger partial charge in [0.25, 0.3) is 0 Å². The van der Waals surface area contributed by atoms with Crippen molar-refractivity contribution in [3.8, 4) is 11.4 Å². The second kappa shape index (κ2) is 10.6. The van der Waals surface area contributed by atoms with Crippen LogP contribution in [-0.4, -0.2) is 48.8 Å². The van der Waals surface area contributed by atoms with E-state index >= 15 is 0 Å². The molecule has 0 spiro atoms. The zero-order valence-electron chi connectivity index (χ0n) is 18.5. The molecule has 0 radical (unpaired) electrons. The third kappa shape index (κ3) is 6.00. The van der Waals surface area contributed by atoms with E-state index in [2.05, 4.69) is 22.5 Å². The van der Waals surface area contributed by atoms with E-state index in [-0.39, 0.29) is 17.9 Å². The van der Waals surface area contributed by atoms with Crippen molar-refractivity contribution < 1.29 is 13.9 Å². The van der Waals surface area contributed by atoms with E-state index in [0.717, 1.165) is 28.5 Å². The van der Waals surface area contributed by atoms with Crippen molar-refractivity contribution in [2.24, 2.45) is 0 Å². The lowest BCUT2D eigenvalue weighted by Gasteiger charge is -2.34. The van der Waals surface area contributed by atoms with Crippen molar-refractivity contribution in [3.05, 3.63) is 66.1 Å². The van der Waals surface area contributed by atoms with Crippen LogP contribution in [0.15, 0.2) is 59.5 Å². The van der Waals surface area contributed by atoms with Crippen molar-refractivity contribution in [3.63, 3.8) is 0 Å². The van der Waals surface area contributed by atoms with Crippen LogP contribution in [0.5, 0.6) is 0 Å². The smallest absolute Gasteiger partial charge is 0.318 e. The maximum atomic E-state index is 13.2. The topological polar surface area (TPSA) is 79.4 Å². The minimum absolute atomic E-state index is 0.207. The van der Waals surface area contributed by atoms with E-state index in [4.69, 9.17) is 14.7 Å². The Labute approximate surface area is 196 Å². The van der Waals surface area contributed by atoms with Gasteiger partial charge in [0.1, 0.15) is 11.6 Å². The number of hydrogen-bond acceptors (Lipinski definition) is 6. The number of amides is 2. The number of aromatic nitrogens is 2. The molecule has 3 aromatic rings. The molecule has 1 fully saturated rings. The normalized spacial score (nSPS) is 15.8. The summed E-state index contributed by atoms with van der Waals surface area (Å²) >= 11 is 1.60. The average molecular weight is 468 g/mol. The van der Waals surface area contributed by atoms with Crippen LogP contribution in [0, 0.1) is 5.82 Å². The molecule has 1 aliphatic heterocycles. The molecule has 2 aromatic carbocycles. The van der Waals surface area contributed by atoms with Crippen LogP contribution in [0.3, 0.4) is 0 Å². The molecule has 1 saturated heterocycles. The molecule has 2 amide bonds. The van der Waals surface area contributed by atoms with E-state index in [1.165, 1.54) is 12.1 Å². The van der Waals surface area contributed by atoms with Gasteiger partial charge >= 0.3 is 6.03 Å². The molecule has 2 heterocycles. The van der Waals surface area contributed by atoms with E-state index in [9.17, 15) is 9.18 Å². The lowest BCUT2D eigenvalue weighted by molar-refractivity contribution is 0.0985. The predicted octanol–water partition coefficient (Wildman–Crippen LogP) is 4.55. The van der Waals surface area contributed by atoms with Crippen LogP contribution in [0.25, 0.3) is 11.4 Å². The van der Waals surface area contributed by atoms with Gasteiger partial charge in [0.2, 0.25) is 0 Å². The summed E-state index contributed by atoms with van der Waals surface area (Å²) in [5.74, 6) is 1.86. The first-order valence-electron chi connectivity index (χ1n) is 10.7. The van der Waals surface area contributed by atoms with Gasteiger partial charge < -0.3 is 20.3 Å². The second-order valence-corrected chi connectivity index (χ2v) is 8.73. The van der Waals surface area contributed by atoms with Gasteiger partial charge in [0.05, 0.1) is 24.9 Å². The Kier molecular flexibility index (Phi) is 7.41. The van der Waals surface area contributed by atoms with Crippen LogP contribution in [-0.2, 0) is 10.5 Å². The number of anilines is 2. The molecular weight excluding hydrogens is 441 g/mol. The molecule has 1 aromatic heterocycles. The lowest BCUT2D eigenvalue weighted by Crippen LogP contribution is -2.44. The third-order valence-corrected chi connectivity index (χ3v) is 6.30. The minimum atomic E-state index is -0.276. The summed E-state index contributed by atoms with van der Waals surface area (Å²) in [5.41, 5.74) is 2.42. The quantitative estimate of drug-likeness (QED) is 0.518. The van der Waals surface area contributed by atoms with Crippen LogP contribution < -0.4 is 15.5 Å². The van der Waals surface area contributed by atoms with Crippen molar-refractivity contribution >= 4 is 29.3 Å². The zero-order chi connectivity index (χ0) is 23.2. The summed E-state index contributed by atoms with van der Waals surface area (Å²) in [4.78, 5) is 24.4. The largest absolute Gasteiger partial charge is 0.377 e. The molecule has 9 heteroatoms. The molecule has 0 saturated carbocycles. The van der Waals surface area contributed by atoms with Gasteiger partial charge in [-0.3, -0.25) is 0 Å². The van der Waals surface area contributed by atoms with Gasteiger partial charge in [-0.25, -0.2) is 19.2 Å². The molecule has 0 unspecified atom stereocenters. The number of morpholine rings is 1. The number of nitrogens with zero attached hydrogens (tertiary/aromatic N) is 3. The van der Waals surface area contributed by atoms with Crippen molar-refractivity contribution in [1.29, 1.82) is 0 Å². The van der Waals surface area contributed by atoms with Crippen LogP contribution in [0.2, 0.25) is 0 Å². The SMILES string of the molecule is CNC(=O)Nc1ccc(-c2nc(CSc3ccc(F)cc3)cc(N3CCOC[C@H]3C)n2)cc1. The van der Waals surface area contributed by atoms with Gasteiger partial charge in [-0.05, 0) is 55.5 Å². The fourth-order valence-electron chi connectivity index (χ4n) is 3.49. The van der Waals surface area contributed by atoms with Crippen LogP contribution >= 0.6 is 11.8 Å². The standard InChI is InChI=1S/C24H26FN5O2S/c1-16-14-32-12-11-30(16)22-13-20(15-33-21-9-5-18(25)6-10-21)27-23(29-22)17-3-7-19(8-4-17)28-24(31)26-2/h3-10,13,16H,11-12,14-15H2,1-2H3,(H2,26,28,31)/t16-/m1/s1. The highest BCUT2D eigenvalue weighted by atomic mass is 32.2. The van der Waals surface area contributed by atoms with Gasteiger partial charge in [0.15, 0.2) is 5.82 Å². The number of nitrogens with one attached hydrogen (secondary N) is 2. The average Bonchev–Trinajstić information content (AvgIpc) is 2.84. The Morgan fingerprint density at radius 1 is 1.18 bits per heavy atom. The Balaban J connectivity index is 1.62. The van der Waals surface area contributed by atoms with E-state index < -0.39 is 0 Å². The Morgan fingerprint density at radius 3 is 2.64 bits per heavy atom. The Morgan fingerprint density at radius 2 is 1.94 bits per heavy atom. The summed E-state index contributed by atoms with van der Waals surface area (Å²) < 4.78 is 18.8. The summed E-state index contributed by atoms with van der Waals surface area (Å²) in [6, 6.07) is 15.8.